The number of halogens is 1. The van der Waals surface area contributed by atoms with Crippen molar-refractivity contribution in [1.82, 2.24) is 4.90 Å². The molecule has 2 heterocycles. The first-order valence-electron chi connectivity index (χ1n) is 6.00. The molecule has 0 atom stereocenters. The summed E-state index contributed by atoms with van der Waals surface area (Å²) >= 11 is 1.14. The summed E-state index contributed by atoms with van der Waals surface area (Å²) in [5, 5.41) is 9.93. The van der Waals surface area contributed by atoms with Crippen molar-refractivity contribution in [1.29, 1.82) is 0 Å². The van der Waals surface area contributed by atoms with E-state index in [4.69, 9.17) is 4.74 Å². The fourth-order valence-electron chi connectivity index (χ4n) is 1.98. The molecule has 8 heteroatoms. The third kappa shape index (κ3) is 3.36. The largest absolute Gasteiger partial charge is 0.486 e. The van der Waals surface area contributed by atoms with Crippen LogP contribution in [-0.2, 0) is 14.3 Å². The molecule has 0 fully saturated rings. The molecule has 0 saturated heterocycles. The molecule has 0 aromatic heterocycles. The van der Waals surface area contributed by atoms with Crippen LogP contribution in [0.2, 0.25) is 0 Å². The summed E-state index contributed by atoms with van der Waals surface area (Å²) in [5.41, 5.74) is 0.572. The minimum Gasteiger partial charge on any atom is -0.486 e. The summed E-state index contributed by atoms with van der Waals surface area (Å²) in [6.45, 7) is 3.55. The Morgan fingerprint density at radius 2 is 2.35 bits per heavy atom. The zero-order chi connectivity index (χ0) is 13.8. The second kappa shape index (κ2) is 7.38. The highest BCUT2D eigenvalue weighted by molar-refractivity contribution is 8.18. The van der Waals surface area contributed by atoms with E-state index in [1.165, 1.54) is 0 Å². The molecule has 2 aliphatic rings. The van der Waals surface area contributed by atoms with Gasteiger partial charge in [0.05, 0.1) is 13.0 Å². The van der Waals surface area contributed by atoms with Crippen LogP contribution in [0.25, 0.3) is 0 Å². The zero-order valence-corrected chi connectivity index (χ0v) is 12.6. The Bertz CT molecular complexity index is 512. The Morgan fingerprint density at radius 3 is 2.95 bits per heavy atom. The lowest BCUT2D eigenvalue weighted by molar-refractivity contribution is -0.131. The van der Waals surface area contributed by atoms with Crippen molar-refractivity contribution < 1.29 is 19.4 Å². The number of carboxylic acids is 1. The highest BCUT2D eigenvalue weighted by Gasteiger charge is 2.34. The lowest BCUT2D eigenvalue weighted by Gasteiger charge is -2.25. The molecule has 20 heavy (non-hydrogen) atoms. The van der Waals surface area contributed by atoms with Crippen molar-refractivity contribution in [2.75, 3.05) is 19.7 Å². The number of carbonyl (C=O) groups excluding carboxylic acids is 1. The Labute approximate surface area is 127 Å². The van der Waals surface area contributed by atoms with Crippen LogP contribution in [0.1, 0.15) is 19.8 Å². The monoisotopic (exact) mass is 318 g/mol. The lowest BCUT2D eigenvalue weighted by atomic mass is 10.2. The number of carboxylic acid groups (broad SMARTS) is 1. The van der Waals surface area contributed by atoms with E-state index in [1.54, 1.807) is 12.9 Å². The van der Waals surface area contributed by atoms with Gasteiger partial charge in [-0.25, -0.2) is 9.59 Å². The number of aliphatic carboxylic acids is 1. The van der Waals surface area contributed by atoms with Gasteiger partial charge in [0.2, 0.25) is 0 Å². The number of ether oxygens (including phenoxy) is 1. The number of nitrogens with zero attached hydrogens (tertiary/aromatic N) is 2. The van der Waals surface area contributed by atoms with E-state index in [-0.39, 0.29) is 29.5 Å². The Hall–Kier alpha value is -1.43. The van der Waals surface area contributed by atoms with Crippen molar-refractivity contribution in [3.63, 3.8) is 0 Å². The van der Waals surface area contributed by atoms with Crippen LogP contribution in [0.15, 0.2) is 21.4 Å². The first kappa shape index (κ1) is 16.6. The number of hydrogen-bond acceptors (Lipinski definition) is 6. The molecule has 0 saturated carbocycles. The first-order chi connectivity index (χ1) is 9.17. The number of thioether (sulfide) groups is 1. The van der Waals surface area contributed by atoms with Gasteiger partial charge >= 0.3 is 5.97 Å². The maximum absolute atomic E-state index is 11.3. The Morgan fingerprint density at radius 1 is 1.60 bits per heavy atom. The average Bonchev–Trinajstić information content (AvgIpc) is 2.77. The summed E-state index contributed by atoms with van der Waals surface area (Å²) in [6.07, 6.45) is 1.01. The van der Waals surface area contributed by atoms with Crippen molar-refractivity contribution >= 4 is 41.2 Å². The van der Waals surface area contributed by atoms with Crippen molar-refractivity contribution in [3.05, 3.63) is 16.4 Å². The van der Waals surface area contributed by atoms with Gasteiger partial charge in [-0.1, -0.05) is 0 Å². The summed E-state index contributed by atoms with van der Waals surface area (Å²) in [5.74, 6) is 0.854. The molecule has 0 aliphatic carbocycles. The summed E-state index contributed by atoms with van der Waals surface area (Å²) in [4.78, 5) is 28.5. The summed E-state index contributed by atoms with van der Waals surface area (Å²) in [7, 11) is 0. The van der Waals surface area contributed by atoms with E-state index in [0.29, 0.717) is 24.0 Å². The van der Waals surface area contributed by atoms with Gasteiger partial charge < -0.3 is 14.7 Å². The van der Waals surface area contributed by atoms with E-state index in [9.17, 15) is 14.7 Å². The number of rotatable bonds is 5. The van der Waals surface area contributed by atoms with Gasteiger partial charge in [-0.3, -0.25) is 4.99 Å². The average molecular weight is 319 g/mol. The van der Waals surface area contributed by atoms with Gasteiger partial charge in [0.25, 0.3) is 0 Å². The second-order valence-corrected chi connectivity index (χ2v) is 4.97. The molecule has 0 radical (unpaired) electrons. The zero-order valence-electron chi connectivity index (χ0n) is 10.9. The molecule has 6 nitrogen and oxygen atoms in total. The second-order valence-electron chi connectivity index (χ2n) is 3.99. The number of fused-ring (bicyclic) bond motifs is 1. The van der Waals surface area contributed by atoms with Crippen LogP contribution < -0.4 is 0 Å². The fourth-order valence-corrected chi connectivity index (χ4v) is 3.02. The lowest BCUT2D eigenvalue weighted by Crippen LogP contribution is -2.30. The van der Waals surface area contributed by atoms with E-state index >= 15 is 0 Å². The smallest absolute Gasteiger partial charge is 0.344 e. The minimum absolute atomic E-state index is 0. The molecule has 0 spiro atoms. The van der Waals surface area contributed by atoms with Gasteiger partial charge in [0.15, 0.2) is 16.9 Å². The van der Waals surface area contributed by atoms with E-state index < -0.39 is 5.97 Å². The van der Waals surface area contributed by atoms with Gasteiger partial charge in [0.1, 0.15) is 4.91 Å². The van der Waals surface area contributed by atoms with Gasteiger partial charge in [-0.05, 0) is 25.1 Å². The van der Waals surface area contributed by atoms with E-state index in [0.717, 1.165) is 24.7 Å². The van der Waals surface area contributed by atoms with Crippen LogP contribution in [0, 0.1) is 0 Å². The molecule has 1 N–H and O–H groups in total. The quantitative estimate of drug-likeness (QED) is 0.613. The molecular weight excluding hydrogens is 304 g/mol. The van der Waals surface area contributed by atoms with E-state index in [1.807, 2.05) is 4.90 Å². The maximum Gasteiger partial charge on any atom is 0.344 e. The van der Waals surface area contributed by atoms with Crippen molar-refractivity contribution in [3.8, 4) is 0 Å². The normalized spacial score (nSPS) is 16.9. The Kier molecular flexibility index (Phi) is 6.13. The van der Waals surface area contributed by atoms with Gasteiger partial charge in [-0.2, -0.15) is 0 Å². The van der Waals surface area contributed by atoms with Crippen LogP contribution in [0.4, 0.5) is 0 Å². The molecule has 0 aromatic rings. The molecule has 0 unspecified atom stereocenters. The number of amidine groups is 1. The third-order valence-corrected chi connectivity index (χ3v) is 3.90. The van der Waals surface area contributed by atoms with Gasteiger partial charge in [-0.15, -0.1) is 12.4 Å². The molecule has 0 aromatic carbocycles. The van der Waals surface area contributed by atoms with Crippen LogP contribution in [0.3, 0.4) is 0 Å². The SMILES string of the molecule is CCOC(=C=O)CC1=C(C(=O)O)SC2=NCCCN21.Cl. The maximum atomic E-state index is 11.3. The standard InChI is InChI=1S/C12H14N2O4S.ClH/c1-2-18-8(7-15)6-9-10(11(16)17)19-12-13-4-3-5-14(9)12;/h2-6H2,1H3,(H,16,17);1H. The first-order valence-corrected chi connectivity index (χ1v) is 6.82. The molecule has 2 aliphatic heterocycles. The molecule has 0 bridgehead atoms. The van der Waals surface area contributed by atoms with Crippen molar-refractivity contribution in [2.45, 2.75) is 19.8 Å². The van der Waals surface area contributed by atoms with Crippen LogP contribution >= 0.6 is 24.2 Å². The number of carbonyl (C=O) groups is 1. The highest BCUT2D eigenvalue weighted by atomic mass is 35.5. The fraction of sp³-hybridized carbons (Fsp3) is 0.500. The highest BCUT2D eigenvalue weighted by Crippen LogP contribution is 2.38. The topological polar surface area (TPSA) is 79.2 Å². The summed E-state index contributed by atoms with van der Waals surface area (Å²) in [6, 6.07) is 0. The third-order valence-electron chi connectivity index (χ3n) is 2.75. The predicted octanol–water partition coefficient (Wildman–Crippen LogP) is 1.66. The van der Waals surface area contributed by atoms with E-state index in [2.05, 4.69) is 4.99 Å². The number of aliphatic imine (C=N–C) groups is 1. The van der Waals surface area contributed by atoms with Crippen LogP contribution in [0.5, 0.6) is 0 Å². The predicted molar refractivity (Wildman–Crippen MR) is 78.6 cm³/mol. The summed E-state index contributed by atoms with van der Waals surface area (Å²) < 4.78 is 5.15. The molecule has 2 rings (SSSR count). The molecule has 0 amide bonds. The molecule has 110 valence electrons. The number of hydrogen-bond donors (Lipinski definition) is 1. The molecular formula is C12H15ClN2O4S. The minimum atomic E-state index is -1.00. The van der Waals surface area contributed by atoms with Crippen LogP contribution in [-0.4, -0.2) is 46.8 Å². The van der Waals surface area contributed by atoms with Gasteiger partial charge in [0, 0.05) is 18.8 Å². The Balaban J connectivity index is 0.00000200. The van der Waals surface area contributed by atoms with Crippen molar-refractivity contribution in [2.24, 2.45) is 4.99 Å².